The maximum absolute atomic E-state index is 13.2. The number of esters is 1. The van der Waals surface area contributed by atoms with Gasteiger partial charge in [-0.15, -0.1) is 0 Å². The predicted molar refractivity (Wildman–Crippen MR) is 134 cm³/mol. The number of Topliss-reactive ketones (excluding diaryl/α,β-unsaturated/α-hetero) is 1. The molecule has 1 fully saturated rings. The predicted octanol–water partition coefficient (Wildman–Crippen LogP) is 5.73. The first-order valence-electron chi connectivity index (χ1n) is 10.9. The highest BCUT2D eigenvalue weighted by Gasteiger charge is 2.46. The monoisotopic (exact) mass is 509 g/mol. The summed E-state index contributed by atoms with van der Waals surface area (Å²) in [4.78, 5) is 39.6. The molecule has 1 aliphatic heterocycles. The number of aliphatic hydroxyl groups excluding tert-OH is 1. The molecule has 0 bridgehead atoms. The number of benzene rings is 3. The van der Waals surface area contributed by atoms with E-state index in [1.54, 1.807) is 55.5 Å². The number of aliphatic hydroxyl groups is 1. The Kier molecular flexibility index (Phi) is 7.24. The summed E-state index contributed by atoms with van der Waals surface area (Å²) < 4.78 is 4.98. The molecule has 0 saturated carbocycles. The van der Waals surface area contributed by atoms with Crippen LogP contribution in [0.4, 0.5) is 5.69 Å². The molecule has 0 aromatic heterocycles. The summed E-state index contributed by atoms with van der Waals surface area (Å²) in [6.45, 7) is 2.02. The third-order valence-corrected chi connectivity index (χ3v) is 6.36. The SMILES string of the molecule is CCOC(=O)Cc1ccc(N2C(=O)C(=O)/C(=C(\O)c3ccc(Cl)c(Cl)c3)C2c2ccccc2)cc1. The van der Waals surface area contributed by atoms with Gasteiger partial charge in [-0.05, 0) is 48.4 Å². The van der Waals surface area contributed by atoms with Gasteiger partial charge in [-0.25, -0.2) is 0 Å². The topological polar surface area (TPSA) is 83.9 Å². The molecule has 8 heteroatoms. The van der Waals surface area contributed by atoms with Crippen LogP contribution in [-0.4, -0.2) is 29.4 Å². The van der Waals surface area contributed by atoms with E-state index in [0.29, 0.717) is 21.8 Å². The molecular weight excluding hydrogens is 489 g/mol. The van der Waals surface area contributed by atoms with Crippen molar-refractivity contribution in [3.63, 3.8) is 0 Å². The number of hydrogen-bond acceptors (Lipinski definition) is 5. The quantitative estimate of drug-likeness (QED) is 0.198. The van der Waals surface area contributed by atoms with E-state index in [1.807, 2.05) is 6.07 Å². The van der Waals surface area contributed by atoms with Crippen molar-refractivity contribution in [3.8, 4) is 0 Å². The van der Waals surface area contributed by atoms with Crippen LogP contribution in [0.15, 0.2) is 78.4 Å². The number of amides is 1. The Hall–Kier alpha value is -3.61. The summed E-state index contributed by atoms with van der Waals surface area (Å²) in [5, 5.41) is 11.6. The van der Waals surface area contributed by atoms with Crippen LogP contribution in [-0.2, 0) is 25.5 Å². The molecule has 1 aliphatic rings. The van der Waals surface area contributed by atoms with Crippen molar-refractivity contribution in [3.05, 3.63) is 105 Å². The molecule has 1 atom stereocenters. The molecular formula is C27H21Cl2NO5. The van der Waals surface area contributed by atoms with Crippen LogP contribution in [0.1, 0.15) is 29.7 Å². The van der Waals surface area contributed by atoms with Crippen molar-refractivity contribution < 1.29 is 24.2 Å². The summed E-state index contributed by atoms with van der Waals surface area (Å²) in [6, 6.07) is 19.3. The number of ether oxygens (including phenoxy) is 1. The first-order chi connectivity index (χ1) is 16.8. The van der Waals surface area contributed by atoms with E-state index >= 15 is 0 Å². The first-order valence-corrected chi connectivity index (χ1v) is 11.6. The number of rotatable bonds is 6. The van der Waals surface area contributed by atoms with Crippen LogP contribution in [0.2, 0.25) is 10.0 Å². The minimum atomic E-state index is -0.874. The molecule has 0 aliphatic carbocycles. The Bertz CT molecular complexity index is 1320. The normalized spacial score (nSPS) is 17.0. The fraction of sp³-hybridized carbons (Fsp3) is 0.148. The Labute approximate surface area is 212 Å². The molecule has 3 aromatic rings. The zero-order chi connectivity index (χ0) is 25.1. The van der Waals surface area contributed by atoms with Gasteiger partial charge in [0, 0.05) is 11.3 Å². The van der Waals surface area contributed by atoms with Crippen LogP contribution in [0.3, 0.4) is 0 Å². The van der Waals surface area contributed by atoms with Crippen molar-refractivity contribution in [2.45, 2.75) is 19.4 Å². The van der Waals surface area contributed by atoms with Gasteiger partial charge in [-0.1, -0.05) is 65.7 Å². The lowest BCUT2D eigenvalue weighted by atomic mass is 9.95. The largest absolute Gasteiger partial charge is 0.507 e. The molecule has 1 N–H and O–H groups in total. The van der Waals surface area contributed by atoms with Gasteiger partial charge in [-0.2, -0.15) is 0 Å². The molecule has 178 valence electrons. The van der Waals surface area contributed by atoms with Gasteiger partial charge in [0.15, 0.2) is 0 Å². The van der Waals surface area contributed by atoms with E-state index in [0.717, 1.165) is 0 Å². The maximum Gasteiger partial charge on any atom is 0.310 e. The second-order valence-electron chi connectivity index (χ2n) is 7.86. The highest BCUT2D eigenvalue weighted by atomic mass is 35.5. The maximum atomic E-state index is 13.2. The third-order valence-electron chi connectivity index (χ3n) is 5.62. The molecule has 4 rings (SSSR count). The van der Waals surface area contributed by atoms with E-state index in [-0.39, 0.29) is 40.9 Å². The summed E-state index contributed by atoms with van der Waals surface area (Å²) >= 11 is 12.1. The Morgan fingerprint density at radius 2 is 1.66 bits per heavy atom. The molecule has 6 nitrogen and oxygen atoms in total. The third kappa shape index (κ3) is 4.94. The zero-order valence-electron chi connectivity index (χ0n) is 18.7. The van der Waals surface area contributed by atoms with Gasteiger partial charge in [0.05, 0.1) is 34.7 Å². The fourth-order valence-corrected chi connectivity index (χ4v) is 4.30. The summed E-state index contributed by atoms with van der Waals surface area (Å²) in [6.07, 6.45) is 0.0897. The number of nitrogens with zero attached hydrogens (tertiary/aromatic N) is 1. The Balaban J connectivity index is 1.80. The smallest absolute Gasteiger partial charge is 0.310 e. The van der Waals surface area contributed by atoms with E-state index < -0.39 is 17.7 Å². The molecule has 1 unspecified atom stereocenters. The number of halogens is 2. The van der Waals surface area contributed by atoms with E-state index in [2.05, 4.69) is 0 Å². The van der Waals surface area contributed by atoms with Crippen LogP contribution in [0.25, 0.3) is 5.76 Å². The van der Waals surface area contributed by atoms with Crippen LogP contribution in [0, 0.1) is 0 Å². The molecule has 0 radical (unpaired) electrons. The van der Waals surface area contributed by atoms with Gasteiger partial charge in [0.2, 0.25) is 0 Å². The summed E-state index contributed by atoms with van der Waals surface area (Å²) in [5.41, 5.74) is 2.00. The standard InChI is InChI=1S/C27H21Cl2NO5/c1-2-35-22(31)14-16-8-11-19(12-9-16)30-24(17-6-4-3-5-7-17)23(26(33)27(30)34)25(32)18-10-13-20(28)21(29)15-18/h3-13,15,24,32H,2,14H2,1H3/b25-23-. The number of carbonyl (C=O) groups is 3. The van der Waals surface area contributed by atoms with Gasteiger partial charge in [0.25, 0.3) is 11.7 Å². The highest BCUT2D eigenvalue weighted by Crippen LogP contribution is 2.42. The number of anilines is 1. The molecule has 35 heavy (non-hydrogen) atoms. The molecule has 1 heterocycles. The average Bonchev–Trinajstić information content (AvgIpc) is 3.12. The van der Waals surface area contributed by atoms with Crippen molar-refractivity contribution in [2.75, 3.05) is 11.5 Å². The van der Waals surface area contributed by atoms with E-state index in [4.69, 9.17) is 27.9 Å². The minimum Gasteiger partial charge on any atom is -0.507 e. The fourth-order valence-electron chi connectivity index (χ4n) is 4.00. The molecule has 1 amide bonds. The van der Waals surface area contributed by atoms with Crippen molar-refractivity contribution in [1.82, 2.24) is 0 Å². The number of hydrogen-bond donors (Lipinski definition) is 1. The lowest BCUT2D eigenvalue weighted by molar-refractivity contribution is -0.142. The van der Waals surface area contributed by atoms with E-state index in [9.17, 15) is 19.5 Å². The molecule has 3 aromatic carbocycles. The second-order valence-corrected chi connectivity index (χ2v) is 8.67. The lowest BCUT2D eigenvalue weighted by Crippen LogP contribution is -2.29. The Morgan fingerprint density at radius 1 is 0.971 bits per heavy atom. The van der Waals surface area contributed by atoms with Crippen LogP contribution < -0.4 is 4.90 Å². The van der Waals surface area contributed by atoms with Crippen molar-refractivity contribution >= 4 is 52.3 Å². The molecule has 0 spiro atoms. The Morgan fingerprint density at radius 3 is 2.29 bits per heavy atom. The lowest BCUT2D eigenvalue weighted by Gasteiger charge is -2.25. The molecule has 1 saturated heterocycles. The summed E-state index contributed by atoms with van der Waals surface area (Å²) in [5.74, 6) is -2.31. The first kappa shape index (κ1) is 24.5. The van der Waals surface area contributed by atoms with Crippen LogP contribution in [0.5, 0.6) is 0 Å². The minimum absolute atomic E-state index is 0.0600. The number of carbonyl (C=O) groups excluding carboxylic acids is 3. The van der Waals surface area contributed by atoms with Gasteiger partial charge in [0.1, 0.15) is 5.76 Å². The summed E-state index contributed by atoms with van der Waals surface area (Å²) in [7, 11) is 0. The van der Waals surface area contributed by atoms with Gasteiger partial charge < -0.3 is 9.84 Å². The zero-order valence-corrected chi connectivity index (χ0v) is 20.2. The van der Waals surface area contributed by atoms with Crippen molar-refractivity contribution in [1.29, 1.82) is 0 Å². The highest BCUT2D eigenvalue weighted by molar-refractivity contribution is 6.51. The van der Waals surface area contributed by atoms with Crippen molar-refractivity contribution in [2.24, 2.45) is 0 Å². The van der Waals surface area contributed by atoms with Gasteiger partial charge in [-0.3, -0.25) is 19.3 Å². The van der Waals surface area contributed by atoms with Crippen LogP contribution >= 0.6 is 23.2 Å². The van der Waals surface area contributed by atoms with E-state index in [1.165, 1.54) is 23.1 Å². The number of ketones is 1. The van der Waals surface area contributed by atoms with Gasteiger partial charge >= 0.3 is 5.97 Å². The average molecular weight is 510 g/mol. The second kappa shape index (κ2) is 10.3.